The van der Waals surface area contributed by atoms with Crippen molar-refractivity contribution < 1.29 is 39.0 Å². The number of hydrogen-bond acceptors (Lipinski definition) is 11. The summed E-state index contributed by atoms with van der Waals surface area (Å²) in [6.07, 6.45) is 16.6. The second-order valence-corrected chi connectivity index (χ2v) is 21.0. The van der Waals surface area contributed by atoms with Gasteiger partial charge in [0.1, 0.15) is 29.9 Å². The van der Waals surface area contributed by atoms with Crippen molar-refractivity contribution in [2.45, 2.75) is 119 Å². The van der Waals surface area contributed by atoms with E-state index < -0.39 is 22.7 Å². The number of aliphatic hydroxyl groups is 2. The number of carbonyl (C=O) groups is 1. The Balaban J connectivity index is 1.24. The van der Waals surface area contributed by atoms with Gasteiger partial charge in [-0.3, -0.25) is 14.9 Å². The highest BCUT2D eigenvalue weighted by atomic mass is 32.2. The first kappa shape index (κ1) is 51.9. The van der Waals surface area contributed by atoms with E-state index in [1.54, 1.807) is 30.0 Å². The summed E-state index contributed by atoms with van der Waals surface area (Å²) in [5.41, 5.74) is 4.29. The normalized spacial score (nSPS) is 22.8. The van der Waals surface area contributed by atoms with Crippen LogP contribution in [-0.2, 0) is 27.5 Å². The van der Waals surface area contributed by atoms with Gasteiger partial charge in [0.25, 0.3) is 5.69 Å². The highest BCUT2D eigenvalue weighted by Crippen LogP contribution is 2.62. The lowest BCUT2D eigenvalue weighted by Gasteiger charge is -2.60. The molecule has 0 aromatic heterocycles. The lowest BCUT2D eigenvalue weighted by molar-refractivity contribution is -0.384. The maximum atomic E-state index is 15.6. The van der Waals surface area contributed by atoms with Gasteiger partial charge in [-0.1, -0.05) is 98.3 Å². The van der Waals surface area contributed by atoms with Crippen molar-refractivity contribution in [3.05, 3.63) is 160 Å². The van der Waals surface area contributed by atoms with Crippen LogP contribution in [0.25, 0.3) is 10.8 Å². The zero-order chi connectivity index (χ0) is 50.7. The molecule has 4 aliphatic rings. The van der Waals surface area contributed by atoms with Crippen LogP contribution in [0.3, 0.4) is 0 Å². The first-order valence-electron chi connectivity index (χ1n) is 26.2. The zero-order valence-corrected chi connectivity index (χ0v) is 42.8. The van der Waals surface area contributed by atoms with Crippen LogP contribution in [0.1, 0.15) is 106 Å². The van der Waals surface area contributed by atoms with E-state index in [9.17, 15) is 20.3 Å². The number of oxime groups is 1. The molecule has 0 saturated heterocycles. The summed E-state index contributed by atoms with van der Waals surface area (Å²) in [6, 6.07) is 34.2. The molecular formula is C60H69N3O9S. The standard InChI is InChI=1S/C60H69N3O9S/c1-3-35-69-60-56(62(57(66)32-23-41-13-4-5-14-41)39-45-18-12-17-43-15-6-7-19-50(43)45)38-54(61-70-40-42-21-24-46(25-22-42)63(67)68)52-36-44(16-8-10-33-64)51(20-9-11-34-65)58(59(52)60)53-37-48(28-31-55(53)72-60)71-47-26-29-49(73-2)30-27-47/h3,6-7,12,15,17-19,21-22,24-31,36-37,41,44,51,56,58-59,64-65H,1,4-5,8-11,13-14,16,20,23,32-35,38-40H2,2H3. The molecule has 2 saturated carbocycles. The van der Waals surface area contributed by atoms with E-state index in [0.717, 1.165) is 82.9 Å². The number of nitro benzene ring substituents is 1. The van der Waals surface area contributed by atoms with Gasteiger partial charge in [0, 0.05) is 61.1 Å². The van der Waals surface area contributed by atoms with Crippen LogP contribution in [0, 0.1) is 33.8 Å². The van der Waals surface area contributed by atoms with E-state index in [-0.39, 0.29) is 62.2 Å². The average Bonchev–Trinajstić information content (AvgIpc) is 3.95. The Morgan fingerprint density at radius 2 is 1.66 bits per heavy atom. The van der Waals surface area contributed by atoms with Gasteiger partial charge in [-0.15, -0.1) is 18.3 Å². The molecule has 6 unspecified atom stereocenters. The summed E-state index contributed by atoms with van der Waals surface area (Å²) < 4.78 is 21.6. The smallest absolute Gasteiger partial charge is 0.269 e. The summed E-state index contributed by atoms with van der Waals surface area (Å²) in [4.78, 5) is 36.2. The number of fused-ring (bicyclic) bond motifs is 3. The predicted octanol–water partition coefficient (Wildman–Crippen LogP) is 13.1. The van der Waals surface area contributed by atoms with Crippen LogP contribution < -0.4 is 9.47 Å². The van der Waals surface area contributed by atoms with Gasteiger partial charge >= 0.3 is 0 Å². The Hall–Kier alpha value is -5.99. The minimum Gasteiger partial charge on any atom is -0.459 e. The molecule has 1 heterocycles. The highest BCUT2D eigenvalue weighted by Gasteiger charge is 2.65. The quantitative estimate of drug-likeness (QED) is 0.0201. The number of unbranched alkanes of at least 4 members (excludes halogenated alkanes) is 2. The number of nitrogens with zero attached hydrogens (tertiary/aromatic N) is 3. The Kier molecular flexibility index (Phi) is 17.3. The fourth-order valence-corrected chi connectivity index (χ4v) is 12.6. The molecular weight excluding hydrogens is 939 g/mol. The van der Waals surface area contributed by atoms with Crippen LogP contribution >= 0.6 is 11.8 Å². The topological polar surface area (TPSA) is 153 Å². The second-order valence-electron chi connectivity index (χ2n) is 20.1. The molecule has 13 heteroatoms. The fourth-order valence-electron chi connectivity index (χ4n) is 12.1. The van der Waals surface area contributed by atoms with Gasteiger partial charge in [0.05, 0.1) is 23.2 Å². The number of amides is 1. The Labute approximate surface area is 433 Å². The number of ether oxygens (including phenoxy) is 3. The number of benzene rings is 5. The minimum absolute atomic E-state index is 0.0104. The third kappa shape index (κ3) is 11.7. The lowest BCUT2D eigenvalue weighted by Crippen LogP contribution is -2.70. The summed E-state index contributed by atoms with van der Waals surface area (Å²) in [7, 11) is 0. The minimum atomic E-state index is -1.44. The Bertz CT molecular complexity index is 2750. The van der Waals surface area contributed by atoms with Crippen molar-refractivity contribution in [3.63, 3.8) is 0 Å². The van der Waals surface area contributed by atoms with Crippen LogP contribution in [0.2, 0.25) is 0 Å². The monoisotopic (exact) mass is 1010 g/mol. The Morgan fingerprint density at radius 3 is 2.40 bits per heavy atom. The molecule has 0 radical (unpaired) electrons. The van der Waals surface area contributed by atoms with E-state index in [1.807, 2.05) is 59.7 Å². The molecule has 73 heavy (non-hydrogen) atoms. The number of rotatable bonds is 24. The molecule has 5 aromatic carbocycles. The van der Waals surface area contributed by atoms with Gasteiger partial charge in [0.15, 0.2) is 0 Å². The van der Waals surface area contributed by atoms with Gasteiger partial charge in [0.2, 0.25) is 11.7 Å². The van der Waals surface area contributed by atoms with Crippen LogP contribution in [0.15, 0.2) is 144 Å². The number of thioether (sulfide) groups is 1. The number of hydrogen-bond donors (Lipinski definition) is 2. The molecule has 1 amide bonds. The molecule has 9 rings (SSSR count). The van der Waals surface area contributed by atoms with Gasteiger partial charge < -0.3 is 34.2 Å². The third-order valence-electron chi connectivity index (χ3n) is 15.7. The SMILES string of the molecule is C=CCOC12Oc3ccc(Oc4ccc(SC)cc4)cc3C3C(CCCCO)C(CCCCO)C=C(C(=NOCc4ccc([N+](=O)[O-])cc4)CC1N(Cc1cccc4ccccc14)C(=O)CCC1CCCC1)C32. The van der Waals surface area contributed by atoms with Crippen molar-refractivity contribution in [1.82, 2.24) is 4.90 Å². The van der Waals surface area contributed by atoms with Crippen molar-refractivity contribution >= 4 is 39.8 Å². The summed E-state index contributed by atoms with van der Waals surface area (Å²) in [5, 5.41) is 39.0. The van der Waals surface area contributed by atoms with E-state index in [2.05, 4.69) is 49.1 Å². The summed E-state index contributed by atoms with van der Waals surface area (Å²) >= 11 is 1.67. The number of nitro groups is 1. The van der Waals surface area contributed by atoms with Crippen molar-refractivity contribution in [1.29, 1.82) is 0 Å². The number of carbonyl (C=O) groups excluding carboxylic acids is 1. The maximum Gasteiger partial charge on any atom is 0.269 e. The van der Waals surface area contributed by atoms with E-state index >= 15 is 4.79 Å². The molecule has 0 bridgehead atoms. The molecule has 0 spiro atoms. The number of allylic oxidation sites excluding steroid dienone is 1. The van der Waals surface area contributed by atoms with Gasteiger partial charge in [-0.25, -0.2) is 0 Å². The van der Waals surface area contributed by atoms with Crippen LogP contribution in [-0.4, -0.2) is 69.6 Å². The molecule has 12 nitrogen and oxygen atoms in total. The highest BCUT2D eigenvalue weighted by molar-refractivity contribution is 7.98. The van der Waals surface area contributed by atoms with E-state index in [1.165, 1.54) is 25.0 Å². The molecule has 2 N–H and O–H groups in total. The van der Waals surface area contributed by atoms with Crippen molar-refractivity contribution in [3.8, 4) is 17.2 Å². The molecule has 6 atom stereocenters. The second kappa shape index (κ2) is 24.4. The number of aliphatic hydroxyl groups excluding tert-OH is 2. The predicted molar refractivity (Wildman–Crippen MR) is 287 cm³/mol. The first-order valence-corrected chi connectivity index (χ1v) is 27.5. The molecule has 2 fully saturated rings. The van der Waals surface area contributed by atoms with Crippen molar-refractivity contribution in [2.75, 3.05) is 26.1 Å². The fraction of sp³-hybridized carbons (Fsp3) is 0.433. The molecule has 384 valence electrons. The van der Waals surface area contributed by atoms with E-state index in [4.69, 9.17) is 24.2 Å². The zero-order valence-electron chi connectivity index (χ0n) is 41.9. The largest absolute Gasteiger partial charge is 0.459 e. The molecule has 5 aromatic rings. The first-order chi connectivity index (χ1) is 35.7. The molecule has 3 aliphatic carbocycles. The van der Waals surface area contributed by atoms with Gasteiger partial charge in [-0.2, -0.15) is 0 Å². The van der Waals surface area contributed by atoms with Gasteiger partial charge in [-0.05, 0) is 138 Å². The third-order valence-corrected chi connectivity index (χ3v) is 16.4. The Morgan fingerprint density at radius 1 is 0.918 bits per heavy atom. The maximum absolute atomic E-state index is 15.6. The lowest BCUT2D eigenvalue weighted by atomic mass is 9.55. The molecule has 1 aliphatic heterocycles. The summed E-state index contributed by atoms with van der Waals surface area (Å²) in [5.74, 6) is 0.388. The number of non-ortho nitro benzene ring substituents is 1. The average molecular weight is 1010 g/mol. The van der Waals surface area contributed by atoms with Crippen LogP contribution in [0.4, 0.5) is 5.69 Å². The van der Waals surface area contributed by atoms with E-state index in [0.29, 0.717) is 54.7 Å². The summed E-state index contributed by atoms with van der Waals surface area (Å²) in [6.45, 7) is 4.81. The van der Waals surface area contributed by atoms with Crippen LogP contribution in [0.5, 0.6) is 17.2 Å². The van der Waals surface area contributed by atoms with Crippen molar-refractivity contribution in [2.24, 2.45) is 28.8 Å².